The van der Waals surface area contributed by atoms with Crippen LogP contribution in [0.2, 0.25) is 5.02 Å². The van der Waals surface area contributed by atoms with E-state index in [-0.39, 0.29) is 12.1 Å². The van der Waals surface area contributed by atoms with Gasteiger partial charge in [0.2, 0.25) is 0 Å². The van der Waals surface area contributed by atoms with Crippen molar-refractivity contribution in [1.82, 2.24) is 15.2 Å². The molecule has 0 radical (unpaired) electrons. The van der Waals surface area contributed by atoms with E-state index < -0.39 is 0 Å². The fourth-order valence-corrected chi connectivity index (χ4v) is 2.92. The molecule has 2 amide bonds. The van der Waals surface area contributed by atoms with Crippen LogP contribution >= 0.6 is 11.6 Å². The zero-order valence-corrected chi connectivity index (χ0v) is 14.3. The van der Waals surface area contributed by atoms with Gasteiger partial charge in [-0.15, -0.1) is 0 Å². The summed E-state index contributed by atoms with van der Waals surface area (Å²) in [6.07, 6.45) is 4.26. The summed E-state index contributed by atoms with van der Waals surface area (Å²) >= 11 is 5.92. The maximum absolute atomic E-state index is 11.9. The lowest BCUT2D eigenvalue weighted by molar-refractivity contribution is 0.111. The minimum Gasteiger partial charge on any atom is -0.376 e. The molecule has 128 valence electrons. The summed E-state index contributed by atoms with van der Waals surface area (Å²) in [5.74, 6) is 0. The lowest BCUT2D eigenvalue weighted by Crippen LogP contribution is -2.39. The molecule has 6 heteroatoms. The van der Waals surface area contributed by atoms with E-state index in [9.17, 15) is 4.79 Å². The molecular weight excluding hydrogens is 326 g/mol. The number of aromatic nitrogens is 1. The Hall–Kier alpha value is -1.98. The van der Waals surface area contributed by atoms with Crippen molar-refractivity contribution >= 4 is 17.6 Å². The van der Waals surface area contributed by atoms with E-state index in [1.165, 1.54) is 5.56 Å². The Morgan fingerprint density at radius 1 is 1.25 bits per heavy atom. The van der Waals surface area contributed by atoms with Gasteiger partial charge in [-0.05, 0) is 42.7 Å². The molecule has 1 atom stereocenters. The lowest BCUT2D eigenvalue weighted by Gasteiger charge is -2.13. The second-order valence-electron chi connectivity index (χ2n) is 5.95. The topological polar surface area (TPSA) is 55.3 Å². The van der Waals surface area contributed by atoms with Gasteiger partial charge in [-0.3, -0.25) is 0 Å². The van der Waals surface area contributed by atoms with Crippen molar-refractivity contribution in [3.63, 3.8) is 0 Å². The smallest absolute Gasteiger partial charge is 0.315 e. The Labute approximate surface area is 146 Å². The molecule has 24 heavy (non-hydrogen) atoms. The molecule has 1 saturated heterocycles. The molecule has 2 N–H and O–H groups in total. The highest BCUT2D eigenvalue weighted by Gasteiger charge is 2.16. The lowest BCUT2D eigenvalue weighted by atomic mass is 10.2. The molecule has 2 aromatic rings. The summed E-state index contributed by atoms with van der Waals surface area (Å²) in [6.45, 7) is 2.60. The molecule has 1 fully saturated rings. The predicted octanol–water partition coefficient (Wildman–Crippen LogP) is 3.17. The quantitative estimate of drug-likeness (QED) is 0.843. The molecule has 1 aliphatic heterocycles. The normalized spacial score (nSPS) is 17.0. The Balaban J connectivity index is 1.47. The number of carbonyl (C=O) groups is 1. The third-order valence-corrected chi connectivity index (χ3v) is 4.39. The zero-order chi connectivity index (χ0) is 16.8. The van der Waals surface area contributed by atoms with Crippen LogP contribution in [0.5, 0.6) is 0 Å². The molecule has 1 aromatic heterocycles. The van der Waals surface area contributed by atoms with Gasteiger partial charge in [-0.25, -0.2) is 4.79 Å². The van der Waals surface area contributed by atoms with Crippen molar-refractivity contribution < 1.29 is 9.53 Å². The molecule has 1 aliphatic rings. The first-order valence-electron chi connectivity index (χ1n) is 8.22. The van der Waals surface area contributed by atoms with Crippen LogP contribution in [0.1, 0.15) is 24.1 Å². The van der Waals surface area contributed by atoms with Crippen LogP contribution in [0.15, 0.2) is 42.6 Å². The number of hydrogen-bond acceptors (Lipinski definition) is 2. The molecule has 2 heterocycles. The maximum atomic E-state index is 11.9. The van der Waals surface area contributed by atoms with Crippen LogP contribution in [0.4, 0.5) is 4.79 Å². The molecule has 0 bridgehead atoms. The van der Waals surface area contributed by atoms with Gasteiger partial charge in [-0.2, -0.15) is 0 Å². The SMILES string of the molecule is O=C(NCc1cccn1Cc1ccc(Cl)cc1)NCC1CCCO1. The number of ether oxygens (including phenoxy) is 1. The molecule has 3 rings (SSSR count). The van der Waals surface area contributed by atoms with E-state index in [1.807, 2.05) is 42.6 Å². The average molecular weight is 348 g/mol. The highest BCUT2D eigenvalue weighted by molar-refractivity contribution is 6.30. The number of urea groups is 1. The van der Waals surface area contributed by atoms with Gasteiger partial charge in [0.05, 0.1) is 12.6 Å². The number of rotatable bonds is 6. The van der Waals surface area contributed by atoms with E-state index in [4.69, 9.17) is 16.3 Å². The number of carbonyl (C=O) groups excluding carboxylic acids is 1. The van der Waals surface area contributed by atoms with Crippen LogP contribution < -0.4 is 10.6 Å². The van der Waals surface area contributed by atoms with Crippen molar-refractivity contribution in [2.24, 2.45) is 0 Å². The summed E-state index contributed by atoms with van der Waals surface area (Å²) in [7, 11) is 0. The molecule has 0 spiro atoms. The first-order valence-corrected chi connectivity index (χ1v) is 8.60. The zero-order valence-electron chi connectivity index (χ0n) is 13.5. The third-order valence-electron chi connectivity index (χ3n) is 4.13. The number of nitrogens with zero attached hydrogens (tertiary/aromatic N) is 1. The van der Waals surface area contributed by atoms with Gasteiger partial charge in [0, 0.05) is 36.6 Å². The van der Waals surface area contributed by atoms with E-state index in [2.05, 4.69) is 15.2 Å². The molecular formula is C18H22ClN3O2. The minimum atomic E-state index is -0.162. The van der Waals surface area contributed by atoms with Crippen LogP contribution in [0.25, 0.3) is 0 Å². The summed E-state index contributed by atoms with van der Waals surface area (Å²) in [6, 6.07) is 11.6. The van der Waals surface area contributed by atoms with Crippen LogP contribution in [-0.2, 0) is 17.8 Å². The number of hydrogen-bond donors (Lipinski definition) is 2. The number of amides is 2. The van der Waals surface area contributed by atoms with Gasteiger partial charge in [0.25, 0.3) is 0 Å². The Morgan fingerprint density at radius 3 is 2.83 bits per heavy atom. The monoisotopic (exact) mass is 347 g/mol. The molecule has 0 aliphatic carbocycles. The van der Waals surface area contributed by atoms with Gasteiger partial charge < -0.3 is 19.9 Å². The second-order valence-corrected chi connectivity index (χ2v) is 6.39. The van der Waals surface area contributed by atoms with E-state index in [0.29, 0.717) is 13.1 Å². The Kier molecular flexibility index (Phi) is 5.77. The van der Waals surface area contributed by atoms with E-state index >= 15 is 0 Å². The maximum Gasteiger partial charge on any atom is 0.315 e. The summed E-state index contributed by atoms with van der Waals surface area (Å²) < 4.78 is 7.61. The molecule has 1 aromatic carbocycles. The first-order chi connectivity index (χ1) is 11.7. The highest BCUT2D eigenvalue weighted by Crippen LogP contribution is 2.13. The first kappa shape index (κ1) is 16.9. The predicted molar refractivity (Wildman–Crippen MR) is 94.2 cm³/mol. The standard InChI is InChI=1S/C18H22ClN3O2/c19-15-7-5-14(6-8-15)13-22-9-1-3-16(22)11-20-18(23)21-12-17-4-2-10-24-17/h1,3,5-9,17H,2,4,10-13H2,(H2,20,21,23). The van der Waals surface area contributed by atoms with Gasteiger partial charge in [0.15, 0.2) is 0 Å². The largest absolute Gasteiger partial charge is 0.376 e. The van der Waals surface area contributed by atoms with E-state index in [0.717, 1.165) is 36.7 Å². The summed E-state index contributed by atoms with van der Waals surface area (Å²) in [4.78, 5) is 11.9. The van der Waals surface area contributed by atoms with Crippen molar-refractivity contribution in [3.8, 4) is 0 Å². The number of halogens is 1. The van der Waals surface area contributed by atoms with Gasteiger partial charge in [-0.1, -0.05) is 23.7 Å². The molecule has 0 saturated carbocycles. The highest BCUT2D eigenvalue weighted by atomic mass is 35.5. The van der Waals surface area contributed by atoms with Crippen LogP contribution in [-0.4, -0.2) is 29.9 Å². The van der Waals surface area contributed by atoms with Crippen LogP contribution in [0, 0.1) is 0 Å². The fourth-order valence-electron chi connectivity index (χ4n) is 2.80. The number of nitrogens with one attached hydrogen (secondary N) is 2. The minimum absolute atomic E-state index is 0.157. The van der Waals surface area contributed by atoms with Gasteiger partial charge in [0.1, 0.15) is 0 Å². The van der Waals surface area contributed by atoms with E-state index in [1.54, 1.807) is 0 Å². The number of benzene rings is 1. The Bertz CT molecular complexity index is 663. The van der Waals surface area contributed by atoms with Crippen LogP contribution in [0.3, 0.4) is 0 Å². The van der Waals surface area contributed by atoms with Crippen molar-refractivity contribution in [3.05, 3.63) is 58.9 Å². The second kappa shape index (κ2) is 8.22. The molecule has 5 nitrogen and oxygen atoms in total. The van der Waals surface area contributed by atoms with Crippen molar-refractivity contribution in [2.75, 3.05) is 13.2 Å². The molecule has 1 unspecified atom stereocenters. The van der Waals surface area contributed by atoms with Crippen molar-refractivity contribution in [1.29, 1.82) is 0 Å². The fraction of sp³-hybridized carbons (Fsp3) is 0.389. The third kappa shape index (κ3) is 4.76. The van der Waals surface area contributed by atoms with Gasteiger partial charge >= 0.3 is 6.03 Å². The Morgan fingerprint density at radius 2 is 2.08 bits per heavy atom. The average Bonchev–Trinajstić information content (AvgIpc) is 3.25. The van der Waals surface area contributed by atoms with Crippen molar-refractivity contribution in [2.45, 2.75) is 32.0 Å². The summed E-state index contributed by atoms with van der Waals surface area (Å²) in [5.41, 5.74) is 2.22. The summed E-state index contributed by atoms with van der Waals surface area (Å²) in [5, 5.41) is 6.49.